The van der Waals surface area contributed by atoms with Crippen molar-refractivity contribution in [3.05, 3.63) is 59.9 Å². The maximum atomic E-state index is 14.3. The van der Waals surface area contributed by atoms with E-state index in [1.807, 2.05) is 6.92 Å². The van der Waals surface area contributed by atoms with Crippen LogP contribution < -0.4 is 11.1 Å². The number of carbonyl (C=O) groups excluding carboxylic acids is 1. The van der Waals surface area contributed by atoms with Crippen LogP contribution in [0.25, 0.3) is 22.4 Å². The van der Waals surface area contributed by atoms with Gasteiger partial charge in [-0.2, -0.15) is 5.10 Å². The highest BCUT2D eigenvalue weighted by atomic mass is 19.1. The fourth-order valence-corrected chi connectivity index (χ4v) is 3.04. The number of primary amides is 1. The molecule has 0 fully saturated rings. The molecule has 0 saturated heterocycles. The van der Waals surface area contributed by atoms with Crippen molar-refractivity contribution in [3.8, 4) is 11.4 Å². The summed E-state index contributed by atoms with van der Waals surface area (Å²) in [4.78, 5) is 24.2. The van der Waals surface area contributed by atoms with Crippen molar-refractivity contribution < 1.29 is 9.18 Å². The Labute approximate surface area is 165 Å². The molecule has 0 aliphatic heterocycles. The van der Waals surface area contributed by atoms with Crippen LogP contribution >= 0.6 is 0 Å². The van der Waals surface area contributed by atoms with E-state index in [0.29, 0.717) is 28.1 Å². The topological polar surface area (TPSA) is 112 Å². The molecule has 0 atom stereocenters. The molecule has 146 valence electrons. The Morgan fingerprint density at radius 1 is 1.17 bits per heavy atom. The molecule has 4 aromatic rings. The first kappa shape index (κ1) is 18.5. The van der Waals surface area contributed by atoms with Crippen LogP contribution in [0.1, 0.15) is 11.3 Å². The summed E-state index contributed by atoms with van der Waals surface area (Å²) in [5, 5.41) is 7.50. The van der Waals surface area contributed by atoms with Crippen molar-refractivity contribution in [2.75, 3.05) is 5.32 Å². The molecular weight excluding hydrogens is 373 g/mol. The SMILES string of the molecule is Cc1ccc(F)c(-c2cc(Nc3ccnc4cnn(CC(N)=O)c34)c(C)cn2)n1. The van der Waals surface area contributed by atoms with Crippen LogP contribution in [0.2, 0.25) is 0 Å². The lowest BCUT2D eigenvalue weighted by Gasteiger charge is -2.13. The van der Waals surface area contributed by atoms with Gasteiger partial charge in [0.1, 0.15) is 23.3 Å². The molecule has 4 heterocycles. The van der Waals surface area contributed by atoms with Gasteiger partial charge in [0.05, 0.1) is 17.6 Å². The Bertz CT molecular complexity index is 1230. The van der Waals surface area contributed by atoms with E-state index < -0.39 is 11.7 Å². The second-order valence-corrected chi connectivity index (χ2v) is 6.65. The summed E-state index contributed by atoms with van der Waals surface area (Å²) >= 11 is 0. The van der Waals surface area contributed by atoms with E-state index in [0.717, 1.165) is 11.3 Å². The smallest absolute Gasteiger partial charge is 0.239 e. The number of rotatable bonds is 5. The molecule has 29 heavy (non-hydrogen) atoms. The maximum Gasteiger partial charge on any atom is 0.239 e. The highest BCUT2D eigenvalue weighted by Gasteiger charge is 2.14. The second kappa shape index (κ2) is 7.27. The van der Waals surface area contributed by atoms with Gasteiger partial charge in [-0.25, -0.2) is 9.37 Å². The first-order valence-electron chi connectivity index (χ1n) is 8.88. The number of pyridine rings is 3. The average molecular weight is 391 g/mol. The Balaban J connectivity index is 1.78. The summed E-state index contributed by atoms with van der Waals surface area (Å²) in [6.45, 7) is 3.62. The van der Waals surface area contributed by atoms with Crippen LogP contribution in [0.15, 0.2) is 42.9 Å². The number of nitrogens with one attached hydrogen (secondary N) is 1. The van der Waals surface area contributed by atoms with E-state index in [1.54, 1.807) is 43.7 Å². The molecule has 0 aromatic carbocycles. The molecule has 9 heteroatoms. The highest BCUT2D eigenvalue weighted by Crippen LogP contribution is 2.29. The van der Waals surface area contributed by atoms with E-state index >= 15 is 0 Å². The van der Waals surface area contributed by atoms with Gasteiger partial charge in [0.15, 0.2) is 5.82 Å². The molecule has 0 saturated carbocycles. The molecule has 0 bridgehead atoms. The zero-order chi connectivity index (χ0) is 20.5. The van der Waals surface area contributed by atoms with E-state index in [-0.39, 0.29) is 12.2 Å². The lowest BCUT2D eigenvalue weighted by Crippen LogP contribution is -2.19. The molecule has 1 amide bonds. The number of hydrogen-bond donors (Lipinski definition) is 2. The van der Waals surface area contributed by atoms with Gasteiger partial charge in [-0.05, 0) is 43.7 Å². The standard InChI is InChI=1S/C20H18FN7O/c1-11-8-24-16(19-13(21)4-3-12(2)26-19)7-15(11)27-14-5-6-23-17-9-25-28(20(14)17)10-18(22)29/h3-9H,10H2,1-2H3,(H2,22,29)(H,23,24,27). The van der Waals surface area contributed by atoms with Crippen molar-refractivity contribution in [3.63, 3.8) is 0 Å². The predicted molar refractivity (Wildman–Crippen MR) is 107 cm³/mol. The monoisotopic (exact) mass is 391 g/mol. The number of carbonyl (C=O) groups is 1. The quantitative estimate of drug-likeness (QED) is 0.541. The number of fused-ring (bicyclic) bond motifs is 1. The van der Waals surface area contributed by atoms with Crippen LogP contribution in [0, 0.1) is 19.7 Å². The third-order valence-corrected chi connectivity index (χ3v) is 4.44. The number of nitrogens with zero attached hydrogens (tertiary/aromatic N) is 5. The Kier molecular flexibility index (Phi) is 4.63. The number of hydrogen-bond acceptors (Lipinski definition) is 6. The number of anilines is 2. The fraction of sp³-hybridized carbons (Fsp3) is 0.150. The number of aryl methyl sites for hydroxylation is 2. The lowest BCUT2D eigenvalue weighted by atomic mass is 10.1. The molecule has 3 N–H and O–H groups in total. The molecule has 4 rings (SSSR count). The highest BCUT2D eigenvalue weighted by molar-refractivity contribution is 5.91. The van der Waals surface area contributed by atoms with E-state index in [1.165, 1.54) is 10.7 Å². The zero-order valence-corrected chi connectivity index (χ0v) is 15.8. The number of nitrogens with two attached hydrogens (primary N) is 1. The Morgan fingerprint density at radius 2 is 2.00 bits per heavy atom. The zero-order valence-electron chi connectivity index (χ0n) is 15.8. The molecular formula is C20H18FN7O. The number of aromatic nitrogens is 5. The van der Waals surface area contributed by atoms with Gasteiger partial charge in [-0.1, -0.05) is 0 Å². The van der Waals surface area contributed by atoms with Crippen LogP contribution in [0.5, 0.6) is 0 Å². The minimum atomic E-state index is -0.506. The van der Waals surface area contributed by atoms with Crippen LogP contribution in [0.3, 0.4) is 0 Å². The van der Waals surface area contributed by atoms with Crippen molar-refractivity contribution in [1.82, 2.24) is 24.7 Å². The van der Waals surface area contributed by atoms with Gasteiger partial charge >= 0.3 is 0 Å². The molecule has 4 aromatic heterocycles. The molecule has 0 aliphatic carbocycles. The summed E-state index contributed by atoms with van der Waals surface area (Å²) in [6, 6.07) is 6.49. The minimum Gasteiger partial charge on any atom is -0.368 e. The van der Waals surface area contributed by atoms with Crippen LogP contribution in [-0.2, 0) is 11.3 Å². The molecule has 0 radical (unpaired) electrons. The van der Waals surface area contributed by atoms with Gasteiger partial charge in [-0.15, -0.1) is 0 Å². The van der Waals surface area contributed by atoms with E-state index in [9.17, 15) is 9.18 Å². The predicted octanol–water partition coefficient (Wildman–Crippen LogP) is 2.87. The van der Waals surface area contributed by atoms with E-state index in [2.05, 4.69) is 25.4 Å². The summed E-state index contributed by atoms with van der Waals surface area (Å²) in [6.07, 6.45) is 4.86. The van der Waals surface area contributed by atoms with Crippen molar-refractivity contribution in [2.45, 2.75) is 20.4 Å². The first-order valence-corrected chi connectivity index (χ1v) is 8.88. The largest absolute Gasteiger partial charge is 0.368 e. The van der Waals surface area contributed by atoms with Crippen LogP contribution in [-0.4, -0.2) is 30.6 Å². The van der Waals surface area contributed by atoms with Gasteiger partial charge in [-0.3, -0.25) is 19.4 Å². The maximum absolute atomic E-state index is 14.3. The summed E-state index contributed by atoms with van der Waals surface area (Å²) in [7, 11) is 0. The number of halogens is 1. The van der Waals surface area contributed by atoms with Crippen molar-refractivity contribution >= 4 is 28.3 Å². The van der Waals surface area contributed by atoms with Gasteiger partial charge in [0.2, 0.25) is 5.91 Å². The normalized spacial score (nSPS) is 11.0. The Hall–Kier alpha value is -3.88. The molecule has 0 aliphatic rings. The summed E-state index contributed by atoms with van der Waals surface area (Å²) < 4.78 is 15.8. The Morgan fingerprint density at radius 3 is 2.79 bits per heavy atom. The third-order valence-electron chi connectivity index (χ3n) is 4.44. The van der Waals surface area contributed by atoms with Gasteiger partial charge in [0, 0.05) is 23.8 Å². The van der Waals surface area contributed by atoms with Gasteiger partial charge < -0.3 is 11.1 Å². The number of amides is 1. The van der Waals surface area contributed by atoms with E-state index in [4.69, 9.17) is 5.73 Å². The minimum absolute atomic E-state index is 0.0666. The lowest BCUT2D eigenvalue weighted by molar-refractivity contribution is -0.118. The third kappa shape index (κ3) is 3.62. The second-order valence-electron chi connectivity index (χ2n) is 6.65. The molecule has 0 spiro atoms. The molecule has 0 unspecified atom stereocenters. The summed E-state index contributed by atoms with van der Waals surface area (Å²) in [5.74, 6) is -0.947. The van der Waals surface area contributed by atoms with Gasteiger partial charge in [0.25, 0.3) is 0 Å². The summed E-state index contributed by atoms with van der Waals surface area (Å²) in [5.41, 5.74) is 10.1. The average Bonchev–Trinajstić information content (AvgIpc) is 3.09. The molecule has 8 nitrogen and oxygen atoms in total. The fourth-order valence-electron chi connectivity index (χ4n) is 3.04. The first-order chi connectivity index (χ1) is 13.9. The van der Waals surface area contributed by atoms with Crippen molar-refractivity contribution in [1.29, 1.82) is 0 Å². The van der Waals surface area contributed by atoms with Crippen molar-refractivity contribution in [2.24, 2.45) is 5.73 Å². The van der Waals surface area contributed by atoms with Crippen LogP contribution in [0.4, 0.5) is 15.8 Å².